The van der Waals surface area contributed by atoms with E-state index < -0.39 is 22.4 Å². The quantitative estimate of drug-likeness (QED) is 0.564. The second kappa shape index (κ2) is 10.7. The summed E-state index contributed by atoms with van der Waals surface area (Å²) in [5.74, 6) is 0.658. The Balaban J connectivity index is 2.33. The highest BCUT2D eigenvalue weighted by Gasteiger charge is 2.15. The molecule has 2 aromatic rings. The molecule has 0 aliphatic carbocycles. The summed E-state index contributed by atoms with van der Waals surface area (Å²) >= 11 is 0. The van der Waals surface area contributed by atoms with E-state index in [1.54, 1.807) is 18.2 Å². The summed E-state index contributed by atoms with van der Waals surface area (Å²) in [5.41, 5.74) is 1.13. The molecule has 0 spiro atoms. The Hall–Kier alpha value is -3.24. The number of aliphatic hydroxyl groups excluding tert-OH is 1. The zero-order valence-corrected chi connectivity index (χ0v) is 18.5. The van der Waals surface area contributed by atoms with Crippen molar-refractivity contribution >= 4 is 27.5 Å². The highest BCUT2D eigenvalue weighted by Crippen LogP contribution is 2.35. The van der Waals surface area contributed by atoms with E-state index in [0.717, 1.165) is 5.41 Å². The lowest BCUT2D eigenvalue weighted by Crippen LogP contribution is -2.16. The number of hydrogen-bond acceptors (Lipinski definition) is 8. The molecule has 0 bridgehead atoms. The van der Waals surface area contributed by atoms with Crippen LogP contribution >= 0.6 is 0 Å². The molecular weight excluding hydrogens is 426 g/mol. The van der Waals surface area contributed by atoms with Gasteiger partial charge in [0, 0.05) is 17.5 Å². The fourth-order valence-corrected chi connectivity index (χ4v) is 3.87. The summed E-state index contributed by atoms with van der Waals surface area (Å²) in [6, 6.07) is 7.83. The van der Waals surface area contributed by atoms with Crippen molar-refractivity contribution in [2.24, 2.45) is 0 Å². The van der Waals surface area contributed by atoms with Crippen molar-refractivity contribution in [3.8, 4) is 23.0 Å². The first-order chi connectivity index (χ1) is 14.8. The third-order valence-corrected chi connectivity index (χ3v) is 5.53. The second-order valence-corrected chi connectivity index (χ2v) is 8.18. The number of hydrogen-bond donors (Lipinski definition) is 2. The number of methoxy groups -OCH3 is 4. The molecule has 0 aliphatic rings. The molecule has 0 saturated carbocycles. The van der Waals surface area contributed by atoms with Crippen LogP contribution in [0.25, 0.3) is 6.08 Å². The highest BCUT2D eigenvalue weighted by molar-refractivity contribution is 7.93. The van der Waals surface area contributed by atoms with Gasteiger partial charge in [-0.15, -0.1) is 0 Å². The summed E-state index contributed by atoms with van der Waals surface area (Å²) in [7, 11) is 2.14. The van der Waals surface area contributed by atoms with Crippen LogP contribution in [-0.2, 0) is 20.4 Å². The minimum atomic E-state index is -3.69. The Bertz CT molecular complexity index is 1040. The maximum atomic E-state index is 12.7. The van der Waals surface area contributed by atoms with Gasteiger partial charge in [-0.3, -0.25) is 4.79 Å². The van der Waals surface area contributed by atoms with Crippen LogP contribution < -0.4 is 24.3 Å². The molecule has 0 heterocycles. The molecule has 1 amide bonds. The SMILES string of the molecule is COc1cc(OC)c(/C=C/S(=O)(=O)Cc2ccc(OC)c(NC(=O)CO)c2)c(OC)c1. The first-order valence-corrected chi connectivity index (χ1v) is 10.8. The Morgan fingerprint density at radius 3 is 2.10 bits per heavy atom. The average molecular weight is 451 g/mol. The van der Waals surface area contributed by atoms with Gasteiger partial charge in [-0.2, -0.15) is 0 Å². The highest BCUT2D eigenvalue weighted by atomic mass is 32.2. The maximum absolute atomic E-state index is 12.7. The van der Waals surface area contributed by atoms with Gasteiger partial charge < -0.3 is 29.4 Å². The van der Waals surface area contributed by atoms with E-state index in [1.807, 2.05) is 0 Å². The molecule has 2 N–H and O–H groups in total. The van der Waals surface area contributed by atoms with Gasteiger partial charge in [0.25, 0.3) is 0 Å². The molecule has 2 aromatic carbocycles. The van der Waals surface area contributed by atoms with Crippen LogP contribution in [0.2, 0.25) is 0 Å². The second-order valence-electron chi connectivity index (χ2n) is 6.30. The molecule has 0 saturated heterocycles. The molecule has 0 unspecified atom stereocenters. The molecule has 9 nitrogen and oxygen atoms in total. The number of sulfone groups is 1. The van der Waals surface area contributed by atoms with Crippen molar-refractivity contribution in [2.75, 3.05) is 40.4 Å². The van der Waals surface area contributed by atoms with Crippen LogP contribution in [0.3, 0.4) is 0 Å². The fraction of sp³-hybridized carbons (Fsp3) is 0.286. The van der Waals surface area contributed by atoms with Gasteiger partial charge >= 0.3 is 0 Å². The van der Waals surface area contributed by atoms with E-state index in [-0.39, 0.29) is 11.4 Å². The first kappa shape index (κ1) is 24.0. The monoisotopic (exact) mass is 451 g/mol. The lowest BCUT2D eigenvalue weighted by Gasteiger charge is -2.13. The Labute approximate surface area is 181 Å². The third-order valence-electron chi connectivity index (χ3n) is 4.24. The van der Waals surface area contributed by atoms with E-state index >= 15 is 0 Å². The largest absolute Gasteiger partial charge is 0.496 e. The summed E-state index contributed by atoms with van der Waals surface area (Å²) < 4.78 is 46.4. The average Bonchev–Trinajstić information content (AvgIpc) is 2.76. The zero-order valence-electron chi connectivity index (χ0n) is 17.7. The lowest BCUT2D eigenvalue weighted by atomic mass is 10.1. The van der Waals surface area contributed by atoms with Crippen molar-refractivity contribution in [3.63, 3.8) is 0 Å². The number of anilines is 1. The molecule has 31 heavy (non-hydrogen) atoms. The van der Waals surface area contributed by atoms with Gasteiger partial charge in [0.05, 0.1) is 45.4 Å². The summed E-state index contributed by atoms with van der Waals surface area (Å²) in [5, 5.41) is 12.5. The molecule has 10 heteroatoms. The molecule has 0 atom stereocenters. The van der Waals surface area contributed by atoms with Gasteiger partial charge in [0.2, 0.25) is 5.91 Å². The molecule has 0 radical (unpaired) electrons. The number of aliphatic hydroxyl groups is 1. The van der Waals surface area contributed by atoms with Crippen molar-refractivity contribution in [2.45, 2.75) is 5.75 Å². The van der Waals surface area contributed by atoms with E-state index in [1.165, 1.54) is 46.6 Å². The Morgan fingerprint density at radius 1 is 0.968 bits per heavy atom. The van der Waals surface area contributed by atoms with Crippen molar-refractivity contribution in [3.05, 3.63) is 46.9 Å². The minimum Gasteiger partial charge on any atom is -0.496 e. The van der Waals surface area contributed by atoms with Crippen LogP contribution in [0.4, 0.5) is 5.69 Å². The fourth-order valence-electron chi connectivity index (χ4n) is 2.78. The van der Waals surface area contributed by atoms with Crippen LogP contribution in [-0.4, -0.2) is 54.5 Å². The number of ether oxygens (including phenoxy) is 4. The predicted octanol–water partition coefficient (Wildman–Crippen LogP) is 2.24. The van der Waals surface area contributed by atoms with Crippen LogP contribution in [0.1, 0.15) is 11.1 Å². The number of rotatable bonds is 10. The summed E-state index contributed by atoms with van der Waals surface area (Å²) in [6.45, 7) is -0.708. The van der Waals surface area contributed by atoms with Crippen LogP contribution in [0.15, 0.2) is 35.7 Å². The Morgan fingerprint density at radius 2 is 1.58 bits per heavy atom. The molecule has 0 aliphatic heterocycles. The van der Waals surface area contributed by atoms with E-state index in [4.69, 9.17) is 24.1 Å². The maximum Gasteiger partial charge on any atom is 0.250 e. The summed E-state index contributed by atoms with van der Waals surface area (Å²) in [6.07, 6.45) is 1.39. The predicted molar refractivity (Wildman–Crippen MR) is 116 cm³/mol. The Kier molecular flexibility index (Phi) is 8.29. The van der Waals surface area contributed by atoms with Gasteiger partial charge in [-0.05, 0) is 23.8 Å². The standard InChI is InChI=1S/C21H25NO8S/c1-27-15-10-19(29-3)16(20(11-15)30-4)7-8-31(25,26)13-14-5-6-18(28-2)17(9-14)22-21(24)12-23/h5-11,23H,12-13H2,1-4H3,(H,22,24)/b8-7+. The number of carbonyl (C=O) groups is 1. The minimum absolute atomic E-state index is 0.261. The number of benzene rings is 2. The lowest BCUT2D eigenvalue weighted by molar-refractivity contribution is -0.118. The van der Waals surface area contributed by atoms with Gasteiger partial charge in [-0.25, -0.2) is 8.42 Å². The normalized spacial score (nSPS) is 11.3. The number of amides is 1. The van der Waals surface area contributed by atoms with Crippen molar-refractivity contribution in [1.29, 1.82) is 0 Å². The van der Waals surface area contributed by atoms with Gasteiger partial charge in [0.1, 0.15) is 29.6 Å². The number of carbonyl (C=O) groups excluding carboxylic acids is 1. The van der Waals surface area contributed by atoms with Crippen LogP contribution in [0, 0.1) is 0 Å². The van der Waals surface area contributed by atoms with E-state index in [2.05, 4.69) is 5.32 Å². The third kappa shape index (κ3) is 6.37. The molecule has 0 aromatic heterocycles. The smallest absolute Gasteiger partial charge is 0.250 e. The number of nitrogens with one attached hydrogen (secondary N) is 1. The molecule has 0 fully saturated rings. The zero-order chi connectivity index (χ0) is 23.0. The molecular formula is C21H25NO8S. The molecule has 168 valence electrons. The topological polar surface area (TPSA) is 120 Å². The van der Waals surface area contributed by atoms with Gasteiger partial charge in [0.15, 0.2) is 9.84 Å². The van der Waals surface area contributed by atoms with Crippen molar-refractivity contribution in [1.82, 2.24) is 0 Å². The van der Waals surface area contributed by atoms with Crippen molar-refractivity contribution < 1.29 is 37.3 Å². The van der Waals surface area contributed by atoms with E-state index in [9.17, 15) is 13.2 Å². The molecule has 2 rings (SSSR count). The van der Waals surface area contributed by atoms with Crippen LogP contribution in [0.5, 0.6) is 23.0 Å². The first-order valence-electron chi connectivity index (χ1n) is 9.05. The van der Waals surface area contributed by atoms with Gasteiger partial charge in [-0.1, -0.05) is 6.07 Å². The van der Waals surface area contributed by atoms with E-state index in [0.29, 0.717) is 34.1 Å². The summed E-state index contributed by atoms with van der Waals surface area (Å²) in [4.78, 5) is 11.5.